The lowest BCUT2D eigenvalue weighted by Crippen LogP contribution is -2.51. The van der Waals surface area contributed by atoms with Gasteiger partial charge in [-0.05, 0) is 31.2 Å². The Morgan fingerprint density at radius 1 is 1.25 bits per heavy atom. The third-order valence-corrected chi connectivity index (χ3v) is 4.19. The van der Waals surface area contributed by atoms with Crippen LogP contribution in [-0.2, 0) is 10.3 Å². The fourth-order valence-corrected chi connectivity index (χ4v) is 2.23. The minimum Gasteiger partial charge on any atom is -0.394 e. The number of rotatable bonds is 8. The van der Waals surface area contributed by atoms with Crippen molar-refractivity contribution >= 4 is 0 Å². The molecule has 0 heterocycles. The summed E-state index contributed by atoms with van der Waals surface area (Å²) >= 11 is 0. The molecule has 1 aromatic rings. The van der Waals surface area contributed by atoms with Crippen molar-refractivity contribution in [3.63, 3.8) is 0 Å². The number of aliphatic hydroxyl groups excluding tert-OH is 1. The van der Waals surface area contributed by atoms with Gasteiger partial charge in [-0.2, -0.15) is 0 Å². The van der Waals surface area contributed by atoms with E-state index in [0.29, 0.717) is 18.6 Å². The second-order valence-electron chi connectivity index (χ2n) is 6.28. The van der Waals surface area contributed by atoms with Gasteiger partial charge in [0.2, 0.25) is 0 Å². The molecule has 0 aliphatic heterocycles. The second-order valence-corrected chi connectivity index (χ2v) is 6.28. The normalized spacial score (nSPS) is 19.9. The topological polar surface area (TPSA) is 41.5 Å². The first-order valence-corrected chi connectivity index (χ1v) is 7.63. The fourth-order valence-electron chi connectivity index (χ4n) is 2.23. The van der Waals surface area contributed by atoms with E-state index in [1.54, 1.807) is 0 Å². The van der Waals surface area contributed by atoms with Gasteiger partial charge in [-0.15, -0.1) is 0 Å². The molecule has 3 heteroatoms. The van der Waals surface area contributed by atoms with Gasteiger partial charge in [-0.25, -0.2) is 0 Å². The van der Waals surface area contributed by atoms with Crippen molar-refractivity contribution in [3.8, 4) is 0 Å². The van der Waals surface area contributed by atoms with Crippen LogP contribution in [0.5, 0.6) is 0 Å². The predicted octanol–water partition coefficient (Wildman–Crippen LogP) is 2.69. The summed E-state index contributed by atoms with van der Waals surface area (Å²) in [4.78, 5) is 0. The predicted molar refractivity (Wildman–Crippen MR) is 81.6 cm³/mol. The molecule has 1 fully saturated rings. The number of ether oxygens (including phenoxy) is 1. The molecule has 0 aromatic heterocycles. The van der Waals surface area contributed by atoms with E-state index in [1.165, 1.54) is 12.8 Å². The molecule has 1 aromatic carbocycles. The maximum absolute atomic E-state index is 10.0. The highest BCUT2D eigenvalue weighted by Gasteiger charge is 2.38. The van der Waals surface area contributed by atoms with Gasteiger partial charge in [0.1, 0.15) is 0 Å². The van der Waals surface area contributed by atoms with Crippen LogP contribution in [0.2, 0.25) is 0 Å². The maximum atomic E-state index is 10.0. The minimum absolute atomic E-state index is 0.0539. The second kappa shape index (κ2) is 6.70. The van der Waals surface area contributed by atoms with Crippen LogP contribution in [0, 0.1) is 5.92 Å². The van der Waals surface area contributed by atoms with E-state index >= 15 is 0 Å². The molecule has 2 rings (SSSR count). The van der Waals surface area contributed by atoms with E-state index in [9.17, 15) is 5.11 Å². The average Bonchev–Trinajstić information content (AvgIpc) is 3.28. The Balaban J connectivity index is 2.14. The molecule has 0 bridgehead atoms. The summed E-state index contributed by atoms with van der Waals surface area (Å²) < 4.78 is 6.02. The smallest absolute Gasteiger partial charge is 0.0908 e. The van der Waals surface area contributed by atoms with Crippen LogP contribution < -0.4 is 5.32 Å². The summed E-state index contributed by atoms with van der Waals surface area (Å²) in [5.74, 6) is 0.475. The molecule has 0 spiro atoms. The fraction of sp³-hybridized carbons (Fsp3) is 0.647. The van der Waals surface area contributed by atoms with Crippen LogP contribution in [-0.4, -0.2) is 30.5 Å². The van der Waals surface area contributed by atoms with Gasteiger partial charge >= 0.3 is 0 Å². The van der Waals surface area contributed by atoms with Crippen LogP contribution in [0.3, 0.4) is 0 Å². The van der Waals surface area contributed by atoms with E-state index in [-0.39, 0.29) is 12.7 Å². The Kier molecular flexibility index (Phi) is 5.19. The molecule has 2 unspecified atom stereocenters. The minimum atomic E-state index is -0.481. The van der Waals surface area contributed by atoms with Gasteiger partial charge in [0.05, 0.1) is 24.9 Å². The van der Waals surface area contributed by atoms with Crippen molar-refractivity contribution in [2.24, 2.45) is 5.92 Å². The molecule has 20 heavy (non-hydrogen) atoms. The SMILES string of the molecule is CC(C)C(C)OCC(CO)(NC1CC1)c1ccccc1. The number of hydrogen-bond acceptors (Lipinski definition) is 3. The monoisotopic (exact) mass is 277 g/mol. The third kappa shape index (κ3) is 3.81. The molecule has 0 saturated heterocycles. The van der Waals surface area contributed by atoms with Crippen molar-refractivity contribution in [3.05, 3.63) is 35.9 Å². The zero-order chi connectivity index (χ0) is 14.6. The first kappa shape index (κ1) is 15.5. The zero-order valence-electron chi connectivity index (χ0n) is 12.8. The average molecular weight is 277 g/mol. The molecule has 3 nitrogen and oxygen atoms in total. The molecular weight excluding hydrogens is 250 g/mol. The lowest BCUT2D eigenvalue weighted by molar-refractivity contribution is -0.0231. The number of hydrogen-bond donors (Lipinski definition) is 2. The highest BCUT2D eigenvalue weighted by atomic mass is 16.5. The van der Waals surface area contributed by atoms with Gasteiger partial charge in [-0.3, -0.25) is 0 Å². The Hall–Kier alpha value is -0.900. The molecule has 1 saturated carbocycles. The van der Waals surface area contributed by atoms with Crippen LogP contribution in [0.1, 0.15) is 39.2 Å². The van der Waals surface area contributed by atoms with Gasteiger partial charge in [0.25, 0.3) is 0 Å². The summed E-state index contributed by atoms with van der Waals surface area (Å²) in [6.07, 6.45) is 2.56. The standard InChI is InChI=1S/C17H27NO2/c1-13(2)14(3)20-12-17(11-19,18-16-9-10-16)15-7-5-4-6-8-15/h4-8,13-14,16,18-19H,9-12H2,1-3H3. The highest BCUT2D eigenvalue weighted by molar-refractivity contribution is 5.25. The molecule has 2 atom stereocenters. The molecular formula is C17H27NO2. The van der Waals surface area contributed by atoms with E-state index < -0.39 is 5.54 Å². The first-order valence-electron chi connectivity index (χ1n) is 7.63. The molecule has 1 aliphatic carbocycles. The number of nitrogens with one attached hydrogen (secondary N) is 1. The summed E-state index contributed by atoms with van der Waals surface area (Å²) in [5, 5.41) is 13.6. The van der Waals surface area contributed by atoms with Crippen LogP contribution in [0.4, 0.5) is 0 Å². The van der Waals surface area contributed by atoms with Gasteiger partial charge in [0.15, 0.2) is 0 Å². The molecule has 112 valence electrons. The van der Waals surface area contributed by atoms with E-state index in [4.69, 9.17) is 4.74 Å². The van der Waals surface area contributed by atoms with E-state index in [2.05, 4.69) is 38.2 Å². The summed E-state index contributed by atoms with van der Waals surface area (Å²) in [6, 6.07) is 10.7. The van der Waals surface area contributed by atoms with Gasteiger partial charge < -0.3 is 15.2 Å². The van der Waals surface area contributed by atoms with Crippen molar-refractivity contribution in [1.82, 2.24) is 5.32 Å². The molecule has 0 radical (unpaired) electrons. The molecule has 1 aliphatic rings. The maximum Gasteiger partial charge on any atom is 0.0908 e. The summed E-state index contributed by atoms with van der Waals surface area (Å²) in [5.41, 5.74) is 0.622. The van der Waals surface area contributed by atoms with Gasteiger partial charge in [0, 0.05) is 6.04 Å². The lowest BCUT2D eigenvalue weighted by Gasteiger charge is -2.35. The van der Waals surface area contributed by atoms with Crippen molar-refractivity contribution in [2.75, 3.05) is 13.2 Å². The quantitative estimate of drug-likeness (QED) is 0.767. The Bertz CT molecular complexity index is 403. The Morgan fingerprint density at radius 2 is 1.90 bits per heavy atom. The van der Waals surface area contributed by atoms with E-state index in [0.717, 1.165) is 5.56 Å². The molecule has 2 N–H and O–H groups in total. The highest BCUT2D eigenvalue weighted by Crippen LogP contribution is 2.29. The van der Waals surface area contributed by atoms with E-state index in [1.807, 2.05) is 18.2 Å². The lowest BCUT2D eigenvalue weighted by atomic mass is 9.91. The largest absolute Gasteiger partial charge is 0.394 e. The van der Waals surface area contributed by atoms with Gasteiger partial charge in [-0.1, -0.05) is 44.2 Å². The molecule has 0 amide bonds. The Morgan fingerprint density at radius 3 is 2.40 bits per heavy atom. The van der Waals surface area contributed by atoms with Crippen molar-refractivity contribution in [2.45, 2.75) is 51.3 Å². The Labute approximate surface area is 122 Å². The first-order chi connectivity index (χ1) is 9.57. The zero-order valence-corrected chi connectivity index (χ0v) is 12.8. The third-order valence-electron chi connectivity index (χ3n) is 4.19. The van der Waals surface area contributed by atoms with Crippen LogP contribution >= 0.6 is 0 Å². The van der Waals surface area contributed by atoms with Crippen LogP contribution in [0.25, 0.3) is 0 Å². The van der Waals surface area contributed by atoms with Crippen LogP contribution in [0.15, 0.2) is 30.3 Å². The number of aliphatic hydroxyl groups is 1. The number of benzene rings is 1. The summed E-state index contributed by atoms with van der Waals surface area (Å²) in [6.45, 7) is 6.96. The summed E-state index contributed by atoms with van der Waals surface area (Å²) in [7, 11) is 0. The van der Waals surface area contributed by atoms with Crippen molar-refractivity contribution < 1.29 is 9.84 Å². The van der Waals surface area contributed by atoms with Crippen molar-refractivity contribution in [1.29, 1.82) is 0 Å².